The van der Waals surface area contributed by atoms with Crippen molar-refractivity contribution < 1.29 is 9.50 Å². The summed E-state index contributed by atoms with van der Waals surface area (Å²) in [5.41, 5.74) is 3.77. The van der Waals surface area contributed by atoms with E-state index in [1.807, 2.05) is 24.3 Å². The number of aliphatic hydroxyl groups excluding tert-OH is 1. The van der Waals surface area contributed by atoms with Gasteiger partial charge < -0.3 is 20.3 Å². The van der Waals surface area contributed by atoms with E-state index in [0.717, 1.165) is 50.0 Å². The topological polar surface area (TPSA) is 94.1 Å². The number of rotatable bonds is 5. The molecule has 4 aromatic rings. The molecule has 3 aromatic heterocycles. The Kier molecular flexibility index (Phi) is 5.48. The molecular weight excluding hydrogens is 457 g/mol. The first-order valence-electron chi connectivity index (χ1n) is 12.4. The SMILES string of the molecule is CC1(c2ccc(F)c(-c3cc(Nc4ccc(N5CCC(O)CC5)cn4)c4c(=O)[nH]ccc4n3)c2)CC1. The summed E-state index contributed by atoms with van der Waals surface area (Å²) in [4.78, 5) is 26.8. The monoisotopic (exact) mass is 485 g/mol. The Labute approximate surface area is 208 Å². The molecule has 0 amide bonds. The van der Waals surface area contributed by atoms with Crippen LogP contribution in [-0.4, -0.2) is 39.3 Å². The highest BCUT2D eigenvalue weighted by atomic mass is 19.1. The molecule has 1 aromatic carbocycles. The predicted octanol–water partition coefficient (Wildman–Crippen LogP) is 4.88. The molecule has 4 heterocycles. The number of aromatic amines is 1. The average Bonchev–Trinajstić information content (AvgIpc) is 3.63. The minimum absolute atomic E-state index is 0.0929. The maximum atomic E-state index is 15.0. The number of aliphatic hydroxyl groups is 1. The number of nitrogens with zero attached hydrogens (tertiary/aromatic N) is 3. The van der Waals surface area contributed by atoms with Crippen LogP contribution < -0.4 is 15.8 Å². The maximum absolute atomic E-state index is 15.0. The van der Waals surface area contributed by atoms with Crippen LogP contribution in [0.2, 0.25) is 0 Å². The summed E-state index contributed by atoms with van der Waals surface area (Å²) in [6, 6.07) is 12.5. The van der Waals surface area contributed by atoms with E-state index < -0.39 is 0 Å². The molecule has 0 atom stereocenters. The molecule has 0 spiro atoms. The van der Waals surface area contributed by atoms with Crippen molar-refractivity contribution in [1.29, 1.82) is 0 Å². The third kappa shape index (κ3) is 4.22. The lowest BCUT2D eigenvalue weighted by Crippen LogP contribution is -2.35. The summed E-state index contributed by atoms with van der Waals surface area (Å²) in [6.07, 6.45) is 6.76. The Bertz CT molecular complexity index is 1490. The van der Waals surface area contributed by atoms with E-state index in [2.05, 4.69) is 32.1 Å². The maximum Gasteiger partial charge on any atom is 0.259 e. The Morgan fingerprint density at radius 3 is 2.67 bits per heavy atom. The van der Waals surface area contributed by atoms with E-state index in [9.17, 15) is 14.3 Å². The smallest absolute Gasteiger partial charge is 0.259 e. The fraction of sp³-hybridized carbons (Fsp3) is 0.321. The van der Waals surface area contributed by atoms with Crippen LogP contribution in [0, 0.1) is 5.82 Å². The number of benzene rings is 1. The fourth-order valence-electron chi connectivity index (χ4n) is 4.91. The first kappa shape index (κ1) is 22.7. The lowest BCUT2D eigenvalue weighted by Gasteiger charge is -2.31. The molecule has 7 nitrogen and oxygen atoms in total. The number of aromatic nitrogens is 3. The summed E-state index contributed by atoms with van der Waals surface area (Å²) in [6.45, 7) is 3.76. The summed E-state index contributed by atoms with van der Waals surface area (Å²) < 4.78 is 15.0. The molecule has 1 aliphatic carbocycles. The standard InChI is InChI=1S/C28H28FN5O2/c1-28(9-10-28)17-2-4-21(29)20(14-17)23-15-24(26-22(32-23)6-11-30-27(26)36)33-25-5-3-18(16-31-25)34-12-7-19(35)8-13-34/h2-6,11,14-16,19,35H,7-10,12-13H2,1H3,(H,30,36)(H,31,32,33). The highest BCUT2D eigenvalue weighted by molar-refractivity contribution is 5.94. The lowest BCUT2D eigenvalue weighted by molar-refractivity contribution is 0.145. The van der Waals surface area contributed by atoms with E-state index in [4.69, 9.17) is 0 Å². The van der Waals surface area contributed by atoms with E-state index in [0.29, 0.717) is 33.7 Å². The molecule has 1 aliphatic heterocycles. The molecule has 3 N–H and O–H groups in total. The molecular formula is C28H28FN5O2. The van der Waals surface area contributed by atoms with Crippen molar-refractivity contribution in [1.82, 2.24) is 15.0 Å². The van der Waals surface area contributed by atoms with Gasteiger partial charge >= 0.3 is 0 Å². The van der Waals surface area contributed by atoms with Crippen LogP contribution in [0.5, 0.6) is 0 Å². The Morgan fingerprint density at radius 1 is 1.14 bits per heavy atom. The van der Waals surface area contributed by atoms with Crippen LogP contribution in [0.4, 0.5) is 21.6 Å². The summed E-state index contributed by atoms with van der Waals surface area (Å²) in [5.74, 6) is 0.219. The van der Waals surface area contributed by atoms with Gasteiger partial charge in [0.25, 0.3) is 5.56 Å². The Hall–Kier alpha value is -3.78. The third-order valence-corrected chi connectivity index (χ3v) is 7.51. The summed E-state index contributed by atoms with van der Waals surface area (Å²) in [5, 5.41) is 13.4. The molecule has 0 unspecified atom stereocenters. The van der Waals surface area contributed by atoms with Gasteiger partial charge in [-0.1, -0.05) is 13.0 Å². The highest BCUT2D eigenvalue weighted by Crippen LogP contribution is 2.48. The van der Waals surface area contributed by atoms with Gasteiger partial charge in [-0.3, -0.25) is 4.79 Å². The molecule has 0 bridgehead atoms. The van der Waals surface area contributed by atoms with Crippen molar-refractivity contribution in [3.8, 4) is 11.3 Å². The quantitative estimate of drug-likeness (QED) is 0.373. The number of H-pyrrole nitrogens is 1. The first-order valence-corrected chi connectivity index (χ1v) is 12.4. The molecule has 1 saturated carbocycles. The van der Waals surface area contributed by atoms with Gasteiger partial charge in [-0.15, -0.1) is 0 Å². The van der Waals surface area contributed by atoms with Gasteiger partial charge in [0.1, 0.15) is 11.6 Å². The Morgan fingerprint density at radius 2 is 1.94 bits per heavy atom. The summed E-state index contributed by atoms with van der Waals surface area (Å²) in [7, 11) is 0. The van der Waals surface area contributed by atoms with Crippen molar-refractivity contribution in [2.75, 3.05) is 23.3 Å². The number of anilines is 3. The molecule has 8 heteroatoms. The van der Waals surface area contributed by atoms with Crippen LogP contribution in [0.15, 0.2) is 59.7 Å². The van der Waals surface area contributed by atoms with Crippen molar-refractivity contribution in [3.05, 3.63) is 76.6 Å². The zero-order valence-corrected chi connectivity index (χ0v) is 20.1. The average molecular weight is 486 g/mol. The third-order valence-electron chi connectivity index (χ3n) is 7.51. The predicted molar refractivity (Wildman–Crippen MR) is 139 cm³/mol. The van der Waals surface area contributed by atoms with Crippen LogP contribution >= 0.6 is 0 Å². The molecule has 1 saturated heterocycles. The molecule has 6 rings (SSSR count). The summed E-state index contributed by atoms with van der Waals surface area (Å²) >= 11 is 0. The molecule has 2 aliphatic rings. The number of hydrogen-bond donors (Lipinski definition) is 3. The normalized spacial score (nSPS) is 17.4. The highest BCUT2D eigenvalue weighted by Gasteiger charge is 2.39. The van der Waals surface area contributed by atoms with Gasteiger partial charge in [0.2, 0.25) is 0 Å². The zero-order valence-electron chi connectivity index (χ0n) is 20.1. The second-order valence-corrected chi connectivity index (χ2v) is 10.1. The van der Waals surface area contributed by atoms with Gasteiger partial charge in [0, 0.05) is 24.8 Å². The van der Waals surface area contributed by atoms with E-state index in [-0.39, 0.29) is 22.9 Å². The van der Waals surface area contributed by atoms with Crippen LogP contribution in [0.25, 0.3) is 22.2 Å². The minimum Gasteiger partial charge on any atom is -0.393 e. The van der Waals surface area contributed by atoms with Crippen LogP contribution in [-0.2, 0) is 5.41 Å². The van der Waals surface area contributed by atoms with E-state index in [1.165, 1.54) is 6.07 Å². The van der Waals surface area contributed by atoms with Crippen LogP contribution in [0.3, 0.4) is 0 Å². The van der Waals surface area contributed by atoms with E-state index in [1.54, 1.807) is 24.5 Å². The Balaban J connectivity index is 1.37. The fourth-order valence-corrected chi connectivity index (χ4v) is 4.91. The van der Waals surface area contributed by atoms with Gasteiger partial charge in [0.15, 0.2) is 0 Å². The van der Waals surface area contributed by atoms with Crippen molar-refractivity contribution >= 4 is 28.1 Å². The number of hydrogen-bond acceptors (Lipinski definition) is 6. The lowest BCUT2D eigenvalue weighted by atomic mass is 9.95. The number of nitrogens with one attached hydrogen (secondary N) is 2. The second kappa shape index (κ2) is 8.71. The van der Waals surface area contributed by atoms with Crippen molar-refractivity contribution in [3.63, 3.8) is 0 Å². The first-order chi connectivity index (χ1) is 17.4. The molecule has 2 fully saturated rings. The second-order valence-electron chi connectivity index (χ2n) is 10.1. The van der Waals surface area contributed by atoms with Crippen molar-refractivity contribution in [2.45, 2.75) is 44.1 Å². The number of fused-ring (bicyclic) bond motifs is 1. The molecule has 184 valence electrons. The van der Waals surface area contributed by atoms with Gasteiger partial charge in [-0.2, -0.15) is 0 Å². The number of pyridine rings is 3. The van der Waals surface area contributed by atoms with Crippen LogP contribution in [0.1, 0.15) is 38.2 Å². The van der Waals surface area contributed by atoms with Gasteiger partial charge in [-0.25, -0.2) is 14.4 Å². The zero-order chi connectivity index (χ0) is 24.9. The molecule has 36 heavy (non-hydrogen) atoms. The number of halogens is 1. The van der Waals surface area contributed by atoms with E-state index >= 15 is 0 Å². The van der Waals surface area contributed by atoms with Gasteiger partial charge in [0.05, 0.1) is 40.3 Å². The largest absolute Gasteiger partial charge is 0.393 e. The minimum atomic E-state index is -0.347. The van der Waals surface area contributed by atoms with Crippen molar-refractivity contribution in [2.24, 2.45) is 0 Å². The molecule has 0 radical (unpaired) electrons. The van der Waals surface area contributed by atoms with Gasteiger partial charge in [-0.05, 0) is 73.1 Å². The number of piperidine rings is 1.